The molecule has 117 valence electrons. The summed E-state index contributed by atoms with van der Waals surface area (Å²) in [5.74, 6) is 0. The Labute approximate surface area is 163 Å². The third-order valence-electron chi connectivity index (χ3n) is 3.90. The van der Waals surface area contributed by atoms with E-state index in [0.717, 1.165) is 13.0 Å². The van der Waals surface area contributed by atoms with Gasteiger partial charge >= 0.3 is 139 Å². The van der Waals surface area contributed by atoms with E-state index in [1.54, 1.807) is 0 Å². The van der Waals surface area contributed by atoms with Gasteiger partial charge in [0.25, 0.3) is 0 Å². The molecular weight excluding hydrogens is 361 g/mol. The fourth-order valence-corrected chi connectivity index (χ4v) is 3.26. The molecule has 1 aliphatic rings. The predicted octanol–water partition coefficient (Wildman–Crippen LogP) is -1.10. The van der Waals surface area contributed by atoms with E-state index in [1.807, 2.05) is 0 Å². The van der Waals surface area contributed by atoms with E-state index in [4.69, 9.17) is 0 Å². The SMILES string of the molecule is CC1=C(c2ccccc2C[N]([Ti+2])c2ccccc2)CC=C1.[Cl-].[Cl-]. The van der Waals surface area contributed by atoms with Gasteiger partial charge in [0.15, 0.2) is 0 Å². The summed E-state index contributed by atoms with van der Waals surface area (Å²) in [6.45, 7) is 3.13. The van der Waals surface area contributed by atoms with Crippen molar-refractivity contribution in [3.8, 4) is 0 Å². The molecule has 0 unspecified atom stereocenters. The van der Waals surface area contributed by atoms with Crippen molar-refractivity contribution in [2.45, 2.75) is 19.9 Å². The van der Waals surface area contributed by atoms with Crippen molar-refractivity contribution in [3.05, 3.63) is 83.4 Å². The normalized spacial score (nSPS) is 12.7. The van der Waals surface area contributed by atoms with Crippen molar-refractivity contribution in [1.29, 1.82) is 0 Å². The third-order valence-corrected chi connectivity index (χ3v) is 4.55. The molecule has 2 aromatic rings. The molecule has 3 rings (SSSR count). The molecule has 23 heavy (non-hydrogen) atoms. The van der Waals surface area contributed by atoms with Gasteiger partial charge < -0.3 is 24.8 Å². The Morgan fingerprint density at radius 2 is 1.61 bits per heavy atom. The standard InChI is InChI=1S/C19H18N.2ClH.Ti/c1-15-8-7-13-18(15)19-12-6-5-9-16(19)14-20-17-10-3-2-4-11-17;;;/h2-12H,13-14H2,1H3;2*1H;/q-1;;;+3/p-2. The van der Waals surface area contributed by atoms with Crippen LogP contribution in [0.4, 0.5) is 5.69 Å². The van der Waals surface area contributed by atoms with Gasteiger partial charge in [0.1, 0.15) is 0 Å². The summed E-state index contributed by atoms with van der Waals surface area (Å²) in [4.78, 5) is 0. The zero-order chi connectivity index (χ0) is 14.7. The number of para-hydroxylation sites is 1. The van der Waals surface area contributed by atoms with Crippen LogP contribution in [0.1, 0.15) is 24.5 Å². The van der Waals surface area contributed by atoms with E-state index >= 15 is 0 Å². The van der Waals surface area contributed by atoms with Crippen molar-refractivity contribution >= 4 is 11.3 Å². The number of allylic oxidation sites excluding steroid dienone is 4. The van der Waals surface area contributed by atoms with E-state index in [0.29, 0.717) is 0 Å². The molecule has 0 heterocycles. The van der Waals surface area contributed by atoms with E-state index in [9.17, 15) is 0 Å². The molecule has 0 aliphatic heterocycles. The summed E-state index contributed by atoms with van der Waals surface area (Å²) in [6, 6.07) is 19.3. The Bertz CT molecular complexity index is 696. The van der Waals surface area contributed by atoms with Crippen LogP contribution in [0, 0.1) is 0 Å². The van der Waals surface area contributed by atoms with Crippen molar-refractivity contribution in [2.24, 2.45) is 0 Å². The van der Waals surface area contributed by atoms with Gasteiger partial charge in [-0.2, -0.15) is 0 Å². The molecule has 0 fully saturated rings. The smallest absolute Gasteiger partial charge is 1.00 e. The van der Waals surface area contributed by atoms with Crippen LogP contribution in [-0.4, -0.2) is 0 Å². The molecule has 0 bridgehead atoms. The number of nitrogens with zero attached hydrogens (tertiary/aromatic N) is 1. The fraction of sp³-hybridized carbons (Fsp3) is 0.158. The number of anilines is 1. The zero-order valence-electron chi connectivity index (χ0n) is 13.0. The maximum Gasteiger partial charge on any atom is -1.00 e. The third kappa shape index (κ3) is 4.75. The van der Waals surface area contributed by atoms with Crippen molar-refractivity contribution in [1.82, 2.24) is 0 Å². The maximum atomic E-state index is 2.30. The second-order valence-electron chi connectivity index (χ2n) is 5.35. The molecule has 0 amide bonds. The second kappa shape index (κ2) is 9.34. The maximum absolute atomic E-state index is 2.30. The molecule has 0 saturated carbocycles. The first-order valence-electron chi connectivity index (χ1n) is 7.24. The van der Waals surface area contributed by atoms with Crippen LogP contribution in [-0.2, 0) is 27.2 Å². The molecule has 0 aromatic heterocycles. The summed E-state index contributed by atoms with van der Waals surface area (Å²) >= 11 is 2.15. The number of rotatable bonds is 4. The Kier molecular flexibility index (Phi) is 8.15. The van der Waals surface area contributed by atoms with E-state index in [-0.39, 0.29) is 24.8 Å². The first kappa shape index (κ1) is 20.1. The van der Waals surface area contributed by atoms with E-state index in [1.165, 1.54) is 28.0 Å². The van der Waals surface area contributed by atoms with Crippen molar-refractivity contribution < 1.29 is 45.5 Å². The molecule has 0 atom stereocenters. The van der Waals surface area contributed by atoms with Gasteiger partial charge in [0.05, 0.1) is 0 Å². The Morgan fingerprint density at radius 3 is 2.26 bits per heavy atom. The molecule has 2 aromatic carbocycles. The first-order chi connectivity index (χ1) is 10.3. The molecule has 0 spiro atoms. The van der Waals surface area contributed by atoms with Gasteiger partial charge in [-0.1, -0.05) is 0 Å². The van der Waals surface area contributed by atoms with Gasteiger partial charge in [-0.3, -0.25) is 0 Å². The van der Waals surface area contributed by atoms with Gasteiger partial charge in [-0.15, -0.1) is 0 Å². The average molecular weight is 379 g/mol. The van der Waals surface area contributed by atoms with E-state index < -0.39 is 0 Å². The summed E-state index contributed by atoms with van der Waals surface area (Å²) in [5.41, 5.74) is 6.89. The minimum Gasteiger partial charge on any atom is -1.00 e. The topological polar surface area (TPSA) is 3.24 Å². The molecule has 0 N–H and O–H groups in total. The Balaban J connectivity index is 0.00000132. The summed E-state index contributed by atoms with van der Waals surface area (Å²) in [7, 11) is 0. The number of halogens is 2. The van der Waals surface area contributed by atoms with Gasteiger partial charge in [0.2, 0.25) is 0 Å². The fourth-order valence-electron chi connectivity index (χ4n) is 2.76. The van der Waals surface area contributed by atoms with Crippen LogP contribution in [0.2, 0.25) is 0 Å². The monoisotopic (exact) mass is 378 g/mol. The van der Waals surface area contributed by atoms with Gasteiger partial charge in [-0.05, 0) is 0 Å². The van der Waals surface area contributed by atoms with Crippen LogP contribution in [0.25, 0.3) is 5.57 Å². The molecule has 1 aliphatic carbocycles. The molecule has 4 heteroatoms. The van der Waals surface area contributed by atoms with Crippen LogP contribution in [0.3, 0.4) is 0 Å². The van der Waals surface area contributed by atoms with Crippen molar-refractivity contribution in [2.75, 3.05) is 3.38 Å². The van der Waals surface area contributed by atoms with Crippen LogP contribution >= 0.6 is 0 Å². The molecule has 0 radical (unpaired) electrons. The van der Waals surface area contributed by atoms with Crippen LogP contribution in [0.5, 0.6) is 0 Å². The number of hydrogen-bond acceptors (Lipinski definition) is 1. The Hall–Kier alpha value is -0.986. The predicted molar refractivity (Wildman–Crippen MR) is 85.4 cm³/mol. The number of benzene rings is 2. The second-order valence-corrected chi connectivity index (χ2v) is 6.19. The minimum absolute atomic E-state index is 0. The first-order valence-corrected chi connectivity index (χ1v) is 7.94. The minimum atomic E-state index is 0. The van der Waals surface area contributed by atoms with Gasteiger partial charge in [0, 0.05) is 0 Å². The molecular formula is C19H18Cl2NTi. The van der Waals surface area contributed by atoms with Crippen molar-refractivity contribution in [3.63, 3.8) is 0 Å². The van der Waals surface area contributed by atoms with Gasteiger partial charge in [-0.25, -0.2) is 0 Å². The molecule has 1 nitrogen and oxygen atoms in total. The molecule has 0 saturated heterocycles. The quantitative estimate of drug-likeness (QED) is 0.610. The summed E-state index contributed by atoms with van der Waals surface area (Å²) < 4.78 is 2.30. The Morgan fingerprint density at radius 1 is 0.957 bits per heavy atom. The summed E-state index contributed by atoms with van der Waals surface area (Å²) in [6.07, 6.45) is 5.53. The zero-order valence-corrected chi connectivity index (χ0v) is 16.0. The number of hydrogen-bond donors (Lipinski definition) is 0. The average Bonchev–Trinajstić information content (AvgIpc) is 2.95. The summed E-state index contributed by atoms with van der Waals surface area (Å²) in [5, 5.41) is 0. The van der Waals surface area contributed by atoms with Crippen LogP contribution in [0.15, 0.2) is 72.3 Å². The van der Waals surface area contributed by atoms with E-state index in [2.05, 4.69) is 97.7 Å². The van der Waals surface area contributed by atoms with Crippen LogP contribution < -0.4 is 28.2 Å². The largest absolute Gasteiger partial charge is 1.00 e.